The lowest BCUT2D eigenvalue weighted by molar-refractivity contribution is -0.143. The van der Waals surface area contributed by atoms with Crippen LogP contribution in [0.25, 0.3) is 0 Å². The van der Waals surface area contributed by atoms with Crippen molar-refractivity contribution in [2.75, 3.05) is 7.11 Å². The summed E-state index contributed by atoms with van der Waals surface area (Å²) >= 11 is 0. The molecular weight excluding hydrogens is 335 g/mol. The number of ether oxygens (including phenoxy) is 1. The molecule has 7 heteroatoms. The Morgan fingerprint density at radius 1 is 1.08 bits per heavy atom. The molecule has 1 amide bonds. The second-order valence-corrected chi connectivity index (χ2v) is 5.32. The largest absolute Gasteiger partial charge is 0.467 e. The molecule has 25 heavy (non-hydrogen) atoms. The maximum atomic E-state index is 13.7. The zero-order valence-electron chi connectivity index (χ0n) is 13.4. The lowest BCUT2D eigenvalue weighted by atomic mass is 10.0. The lowest BCUT2D eigenvalue weighted by Crippen LogP contribution is -2.42. The van der Waals surface area contributed by atoms with Crippen molar-refractivity contribution < 1.29 is 27.5 Å². The van der Waals surface area contributed by atoms with Gasteiger partial charge in [0, 0.05) is 12.1 Å². The molecule has 0 heterocycles. The molecule has 0 saturated heterocycles. The minimum Gasteiger partial charge on any atom is -0.467 e. The average molecular weight is 351 g/mol. The van der Waals surface area contributed by atoms with Crippen molar-refractivity contribution in [2.24, 2.45) is 0 Å². The van der Waals surface area contributed by atoms with Gasteiger partial charge in [-0.15, -0.1) is 0 Å². The molecule has 4 nitrogen and oxygen atoms in total. The zero-order valence-corrected chi connectivity index (χ0v) is 13.4. The Morgan fingerprint density at radius 2 is 1.68 bits per heavy atom. The Kier molecular flexibility index (Phi) is 6.16. The highest BCUT2D eigenvalue weighted by Crippen LogP contribution is 2.15. The first kappa shape index (κ1) is 18.5. The van der Waals surface area contributed by atoms with E-state index < -0.39 is 40.9 Å². The van der Waals surface area contributed by atoms with Gasteiger partial charge >= 0.3 is 5.97 Å². The number of aryl methyl sites for hydroxylation is 1. The van der Waals surface area contributed by atoms with E-state index in [9.17, 15) is 22.8 Å². The molecule has 0 unspecified atom stereocenters. The number of halogens is 3. The average Bonchev–Trinajstić information content (AvgIpc) is 2.57. The number of carbonyl (C=O) groups is 2. The van der Waals surface area contributed by atoms with Crippen LogP contribution in [0.1, 0.15) is 22.3 Å². The Labute approximate surface area is 142 Å². The van der Waals surface area contributed by atoms with E-state index in [1.54, 1.807) is 0 Å². The fourth-order valence-corrected chi connectivity index (χ4v) is 2.34. The maximum absolute atomic E-state index is 13.7. The number of nitrogens with one attached hydrogen (secondary N) is 1. The Balaban J connectivity index is 2.14. The van der Waals surface area contributed by atoms with Gasteiger partial charge in [-0.25, -0.2) is 18.0 Å². The summed E-state index contributed by atoms with van der Waals surface area (Å²) < 4.78 is 44.9. The van der Waals surface area contributed by atoms with Crippen LogP contribution in [0, 0.1) is 17.5 Å². The fraction of sp³-hybridized carbons (Fsp3) is 0.222. The van der Waals surface area contributed by atoms with E-state index in [0.717, 1.165) is 12.7 Å². The van der Waals surface area contributed by atoms with Gasteiger partial charge in [0.25, 0.3) is 5.91 Å². The van der Waals surface area contributed by atoms with Crippen LogP contribution in [-0.2, 0) is 16.0 Å². The SMILES string of the molecule is COC(=O)[C@@H](CCc1ccccc1)NC(=O)c1c(F)cc(F)cc1F. The predicted octanol–water partition coefficient (Wildman–Crippen LogP) is 3.01. The van der Waals surface area contributed by atoms with Crippen LogP contribution in [0.2, 0.25) is 0 Å². The first-order chi connectivity index (χ1) is 11.9. The summed E-state index contributed by atoms with van der Waals surface area (Å²) in [5.41, 5.74) is -0.0280. The van der Waals surface area contributed by atoms with Crippen LogP contribution in [-0.4, -0.2) is 25.0 Å². The molecule has 2 aromatic rings. The molecule has 0 spiro atoms. The van der Waals surface area contributed by atoms with Crippen molar-refractivity contribution in [3.8, 4) is 0 Å². The third-order valence-electron chi connectivity index (χ3n) is 3.59. The van der Waals surface area contributed by atoms with Gasteiger partial charge in [-0.3, -0.25) is 4.79 Å². The topological polar surface area (TPSA) is 55.4 Å². The predicted molar refractivity (Wildman–Crippen MR) is 84.3 cm³/mol. The number of carbonyl (C=O) groups excluding carboxylic acids is 2. The normalized spacial score (nSPS) is 11.7. The number of hydrogen-bond acceptors (Lipinski definition) is 3. The molecule has 0 aliphatic carbocycles. The van der Waals surface area contributed by atoms with Gasteiger partial charge in [0.1, 0.15) is 29.1 Å². The molecule has 0 radical (unpaired) electrons. The molecule has 2 rings (SSSR count). The summed E-state index contributed by atoms with van der Waals surface area (Å²) in [6.07, 6.45) is 0.613. The zero-order chi connectivity index (χ0) is 18.4. The minimum absolute atomic E-state index is 0.173. The molecule has 0 aliphatic heterocycles. The summed E-state index contributed by atoms with van der Waals surface area (Å²) in [7, 11) is 1.14. The van der Waals surface area contributed by atoms with Crippen LogP contribution in [0.15, 0.2) is 42.5 Å². The summed E-state index contributed by atoms with van der Waals surface area (Å²) in [5.74, 6) is -5.73. The van der Waals surface area contributed by atoms with Crippen molar-refractivity contribution in [3.05, 3.63) is 71.0 Å². The Bertz CT molecular complexity index is 742. The fourth-order valence-electron chi connectivity index (χ4n) is 2.34. The first-order valence-electron chi connectivity index (χ1n) is 7.49. The lowest BCUT2D eigenvalue weighted by Gasteiger charge is -2.17. The Morgan fingerprint density at radius 3 is 2.24 bits per heavy atom. The molecule has 0 aliphatic rings. The molecule has 0 aromatic heterocycles. The first-order valence-corrected chi connectivity index (χ1v) is 7.49. The van der Waals surface area contributed by atoms with E-state index in [2.05, 4.69) is 10.1 Å². The maximum Gasteiger partial charge on any atom is 0.328 e. The van der Waals surface area contributed by atoms with Gasteiger partial charge in [0.15, 0.2) is 0 Å². The van der Waals surface area contributed by atoms with Gasteiger partial charge in [-0.1, -0.05) is 30.3 Å². The molecular formula is C18H16F3NO3. The van der Waals surface area contributed by atoms with Crippen LogP contribution < -0.4 is 5.32 Å². The van der Waals surface area contributed by atoms with Crippen LogP contribution in [0.5, 0.6) is 0 Å². The second-order valence-electron chi connectivity index (χ2n) is 5.32. The van der Waals surface area contributed by atoms with Gasteiger partial charge in [-0.05, 0) is 18.4 Å². The number of esters is 1. The number of hydrogen-bond donors (Lipinski definition) is 1. The minimum atomic E-state index is -1.35. The van der Waals surface area contributed by atoms with Crippen LogP contribution in [0.3, 0.4) is 0 Å². The summed E-state index contributed by atoms with van der Waals surface area (Å²) in [6, 6.07) is 8.87. The van der Waals surface area contributed by atoms with E-state index >= 15 is 0 Å². The van der Waals surface area contributed by atoms with Crippen LogP contribution in [0.4, 0.5) is 13.2 Å². The van der Waals surface area contributed by atoms with Crippen LogP contribution >= 0.6 is 0 Å². The standard InChI is InChI=1S/C18H16F3NO3/c1-25-18(24)15(8-7-11-5-3-2-4-6-11)22-17(23)16-13(20)9-12(19)10-14(16)21/h2-6,9-10,15H,7-8H2,1H3,(H,22,23)/t15-/m1/s1. The smallest absolute Gasteiger partial charge is 0.328 e. The summed E-state index contributed by atoms with van der Waals surface area (Å²) in [6.45, 7) is 0. The van der Waals surface area contributed by atoms with E-state index in [1.165, 1.54) is 0 Å². The van der Waals surface area contributed by atoms with E-state index in [1.807, 2.05) is 30.3 Å². The van der Waals surface area contributed by atoms with Gasteiger partial charge < -0.3 is 10.1 Å². The number of methoxy groups -OCH3 is 1. The number of benzene rings is 2. The van der Waals surface area contributed by atoms with Crippen molar-refractivity contribution >= 4 is 11.9 Å². The molecule has 2 aromatic carbocycles. The molecule has 1 atom stereocenters. The van der Waals surface area contributed by atoms with Gasteiger partial charge in [-0.2, -0.15) is 0 Å². The quantitative estimate of drug-likeness (QED) is 0.814. The highest BCUT2D eigenvalue weighted by atomic mass is 19.1. The van der Waals surface area contributed by atoms with E-state index in [4.69, 9.17) is 0 Å². The molecule has 0 saturated carbocycles. The van der Waals surface area contributed by atoms with Crippen molar-refractivity contribution in [1.82, 2.24) is 5.32 Å². The molecule has 132 valence electrons. The molecule has 0 fully saturated rings. The Hall–Kier alpha value is -2.83. The molecule has 0 bridgehead atoms. The van der Waals surface area contributed by atoms with Crippen molar-refractivity contribution in [3.63, 3.8) is 0 Å². The third-order valence-corrected chi connectivity index (χ3v) is 3.59. The highest BCUT2D eigenvalue weighted by Gasteiger charge is 2.26. The third kappa shape index (κ3) is 4.82. The van der Waals surface area contributed by atoms with Crippen molar-refractivity contribution in [1.29, 1.82) is 0 Å². The van der Waals surface area contributed by atoms with Gasteiger partial charge in [0.2, 0.25) is 0 Å². The summed E-state index contributed by atoms with van der Waals surface area (Å²) in [5, 5.41) is 2.24. The monoisotopic (exact) mass is 351 g/mol. The molecule has 1 N–H and O–H groups in total. The van der Waals surface area contributed by atoms with Crippen molar-refractivity contribution in [2.45, 2.75) is 18.9 Å². The second kappa shape index (κ2) is 8.32. The van der Waals surface area contributed by atoms with Gasteiger partial charge in [0.05, 0.1) is 7.11 Å². The summed E-state index contributed by atoms with van der Waals surface area (Å²) in [4.78, 5) is 24.0. The van der Waals surface area contributed by atoms with E-state index in [0.29, 0.717) is 18.6 Å². The van der Waals surface area contributed by atoms with E-state index in [-0.39, 0.29) is 6.42 Å². The highest BCUT2D eigenvalue weighted by molar-refractivity contribution is 5.97. The number of rotatable bonds is 6. The number of amides is 1.